The summed E-state index contributed by atoms with van der Waals surface area (Å²) in [4.78, 5) is 14.6. The minimum absolute atomic E-state index is 0.786. The van der Waals surface area contributed by atoms with E-state index in [1.165, 1.54) is 32.7 Å². The Morgan fingerprint density at radius 2 is 0.920 bits per heavy atom. The van der Waals surface area contributed by atoms with Gasteiger partial charge in [0.05, 0.1) is 50.5 Å². The molecule has 0 amide bonds. The average molecular weight is 640 g/mol. The van der Waals surface area contributed by atoms with Crippen LogP contribution in [-0.4, -0.2) is 24.1 Å². The van der Waals surface area contributed by atoms with E-state index in [2.05, 4.69) is 137 Å². The van der Waals surface area contributed by atoms with E-state index in [4.69, 9.17) is 15.0 Å². The third kappa shape index (κ3) is 4.37. The molecule has 0 spiro atoms. The van der Waals surface area contributed by atoms with Crippen LogP contribution in [0.5, 0.6) is 0 Å². The summed E-state index contributed by atoms with van der Waals surface area (Å²) in [6.45, 7) is 0. The highest BCUT2D eigenvalue weighted by Crippen LogP contribution is 2.46. The van der Waals surface area contributed by atoms with Crippen molar-refractivity contribution in [3.63, 3.8) is 0 Å². The Kier molecular flexibility index (Phi) is 6.42. The van der Waals surface area contributed by atoms with Crippen molar-refractivity contribution in [2.45, 2.75) is 0 Å². The lowest BCUT2D eigenvalue weighted by atomic mass is 9.96. The molecule has 10 rings (SSSR count). The Morgan fingerprint density at radius 1 is 0.380 bits per heavy atom. The number of fused-ring (bicyclic) bond motifs is 7. The molecule has 0 saturated carbocycles. The Hall–Kier alpha value is -6.85. The van der Waals surface area contributed by atoms with Crippen LogP contribution >= 0.6 is 0 Å². The molecule has 50 heavy (non-hydrogen) atoms. The van der Waals surface area contributed by atoms with Gasteiger partial charge in [0.15, 0.2) is 0 Å². The molecule has 0 radical (unpaired) electrons. The second kappa shape index (κ2) is 11.4. The van der Waals surface area contributed by atoms with Gasteiger partial charge >= 0.3 is 0 Å². The highest BCUT2D eigenvalue weighted by molar-refractivity contribution is 6.28. The van der Waals surface area contributed by atoms with E-state index in [-0.39, 0.29) is 0 Å². The van der Waals surface area contributed by atoms with E-state index in [1.54, 1.807) is 0 Å². The first-order valence-electron chi connectivity index (χ1n) is 16.8. The molecule has 0 saturated heterocycles. The van der Waals surface area contributed by atoms with E-state index < -0.39 is 0 Å². The quantitative estimate of drug-likeness (QED) is 0.188. The molecule has 5 aromatic heterocycles. The topological polar surface area (TPSA) is 48.5 Å². The van der Waals surface area contributed by atoms with Gasteiger partial charge in [0.1, 0.15) is 0 Å². The summed E-state index contributed by atoms with van der Waals surface area (Å²) in [7, 11) is 0. The fourth-order valence-corrected chi connectivity index (χ4v) is 7.49. The van der Waals surface area contributed by atoms with E-state index in [1.807, 2.05) is 48.8 Å². The van der Waals surface area contributed by atoms with Crippen molar-refractivity contribution in [2.24, 2.45) is 0 Å². The van der Waals surface area contributed by atoms with E-state index in [0.29, 0.717) is 0 Å². The van der Waals surface area contributed by atoms with Crippen molar-refractivity contribution in [3.8, 4) is 45.3 Å². The molecule has 10 aromatic rings. The zero-order chi connectivity index (χ0) is 33.0. The molecule has 5 nitrogen and oxygen atoms in total. The molecule has 234 valence electrons. The zero-order valence-electron chi connectivity index (χ0n) is 27.0. The van der Waals surface area contributed by atoms with Gasteiger partial charge in [-0.1, -0.05) is 97.1 Å². The Labute approximate surface area is 288 Å². The second-order valence-corrected chi connectivity index (χ2v) is 12.5. The number of hydrogen-bond donors (Lipinski definition) is 0. The highest BCUT2D eigenvalue weighted by atomic mass is 15.0. The molecule has 0 aliphatic rings. The van der Waals surface area contributed by atoms with E-state index in [0.717, 1.165) is 56.2 Å². The summed E-state index contributed by atoms with van der Waals surface area (Å²) in [6.07, 6.45) is 3.64. The van der Waals surface area contributed by atoms with Crippen molar-refractivity contribution >= 4 is 43.6 Å². The van der Waals surface area contributed by atoms with Gasteiger partial charge in [-0.15, -0.1) is 0 Å². The molecular formula is C45H29N5. The molecule has 0 unspecified atom stereocenters. The number of pyridine rings is 3. The molecule has 5 aromatic carbocycles. The maximum Gasteiger partial charge on any atom is 0.0915 e. The Balaban J connectivity index is 1.45. The Bertz CT molecular complexity index is 2780. The van der Waals surface area contributed by atoms with Crippen LogP contribution in [0, 0.1) is 0 Å². The summed E-state index contributed by atoms with van der Waals surface area (Å²) >= 11 is 0. The van der Waals surface area contributed by atoms with E-state index >= 15 is 0 Å². The minimum atomic E-state index is 0.786. The molecule has 0 bridgehead atoms. The van der Waals surface area contributed by atoms with Crippen LogP contribution in [0.15, 0.2) is 176 Å². The maximum atomic E-state index is 5.13. The van der Waals surface area contributed by atoms with Crippen LogP contribution in [-0.2, 0) is 0 Å². The second-order valence-electron chi connectivity index (χ2n) is 12.5. The van der Waals surface area contributed by atoms with Gasteiger partial charge in [0.2, 0.25) is 0 Å². The van der Waals surface area contributed by atoms with Crippen molar-refractivity contribution in [1.29, 1.82) is 0 Å². The van der Waals surface area contributed by atoms with Gasteiger partial charge in [-0.2, -0.15) is 0 Å². The predicted octanol–water partition coefficient (Wildman–Crippen LogP) is 11.1. The lowest BCUT2D eigenvalue weighted by Gasteiger charge is -2.15. The van der Waals surface area contributed by atoms with Crippen LogP contribution in [0.1, 0.15) is 0 Å². The number of aromatic nitrogens is 5. The summed E-state index contributed by atoms with van der Waals surface area (Å²) < 4.78 is 4.86. The molecule has 5 heteroatoms. The maximum absolute atomic E-state index is 5.13. The van der Waals surface area contributed by atoms with Gasteiger partial charge in [-0.3, -0.25) is 9.97 Å². The van der Waals surface area contributed by atoms with Crippen molar-refractivity contribution in [3.05, 3.63) is 176 Å². The smallest absolute Gasteiger partial charge is 0.0915 e. The number of nitrogens with zero attached hydrogens (tertiary/aromatic N) is 5. The fraction of sp³-hybridized carbons (Fsp3) is 0. The zero-order valence-corrected chi connectivity index (χ0v) is 27.0. The molecule has 0 aliphatic carbocycles. The third-order valence-corrected chi connectivity index (χ3v) is 9.59. The number of para-hydroxylation sites is 3. The van der Waals surface area contributed by atoms with Crippen LogP contribution in [0.4, 0.5) is 0 Å². The van der Waals surface area contributed by atoms with Gasteiger partial charge in [0.25, 0.3) is 0 Å². The number of hydrogen-bond acceptors (Lipinski definition) is 3. The van der Waals surface area contributed by atoms with Gasteiger partial charge in [0, 0.05) is 39.6 Å². The van der Waals surface area contributed by atoms with Gasteiger partial charge < -0.3 is 9.13 Å². The van der Waals surface area contributed by atoms with Crippen molar-refractivity contribution in [1.82, 2.24) is 24.1 Å². The molecule has 0 N–H and O–H groups in total. The molecule has 0 fully saturated rings. The third-order valence-electron chi connectivity index (χ3n) is 9.59. The predicted molar refractivity (Wildman–Crippen MR) is 205 cm³/mol. The normalized spacial score (nSPS) is 11.6. The van der Waals surface area contributed by atoms with E-state index in [9.17, 15) is 0 Å². The molecule has 0 atom stereocenters. The molecule has 5 heterocycles. The van der Waals surface area contributed by atoms with Crippen molar-refractivity contribution < 1.29 is 0 Å². The monoisotopic (exact) mass is 639 g/mol. The van der Waals surface area contributed by atoms with Crippen molar-refractivity contribution in [2.75, 3.05) is 0 Å². The van der Waals surface area contributed by atoms with Gasteiger partial charge in [-0.25, -0.2) is 4.98 Å². The van der Waals surface area contributed by atoms with Crippen LogP contribution in [0.25, 0.3) is 88.9 Å². The summed E-state index contributed by atoms with van der Waals surface area (Å²) in [5, 5.41) is 4.79. The lowest BCUT2D eigenvalue weighted by Crippen LogP contribution is -2.01. The summed E-state index contributed by atoms with van der Waals surface area (Å²) in [5.74, 6) is 0. The summed E-state index contributed by atoms with van der Waals surface area (Å²) in [6, 6.07) is 57.6. The first-order valence-corrected chi connectivity index (χ1v) is 16.8. The SMILES string of the molecule is c1ccc(-c2cc3c4ccccc4n(-c4ccccc4)c3c3c2c2ccccc2n3-c2cc(-c3ccccn3)nc(-c3ccccn3)c2)cc1. The molecule has 0 aliphatic heterocycles. The number of benzene rings is 5. The number of rotatable bonds is 5. The largest absolute Gasteiger partial charge is 0.307 e. The van der Waals surface area contributed by atoms with Gasteiger partial charge in [-0.05, 0) is 77.9 Å². The Morgan fingerprint density at radius 3 is 1.56 bits per heavy atom. The first kappa shape index (κ1) is 28.2. The lowest BCUT2D eigenvalue weighted by molar-refractivity contribution is 1.13. The summed E-state index contributed by atoms with van der Waals surface area (Å²) in [5.41, 5.74) is 12.2. The van der Waals surface area contributed by atoms with Crippen LogP contribution in [0.3, 0.4) is 0 Å². The minimum Gasteiger partial charge on any atom is -0.307 e. The average Bonchev–Trinajstić information content (AvgIpc) is 3.72. The standard InChI is InChI=1S/C45H29N5/c1-3-15-30(16-4-1)35-29-36-33-19-7-9-23-41(33)49(31-17-5-2-6-18-31)44(36)45-43(35)34-20-8-10-24-42(34)50(45)32-27-39(37-21-11-13-25-46-37)48-40(28-32)38-22-12-14-26-47-38/h1-29H. The van der Waals surface area contributed by atoms with Crippen LogP contribution in [0.2, 0.25) is 0 Å². The molecular weight excluding hydrogens is 611 g/mol. The fourth-order valence-electron chi connectivity index (χ4n) is 7.49. The highest BCUT2D eigenvalue weighted by Gasteiger charge is 2.25. The first-order chi connectivity index (χ1) is 24.8. The van der Waals surface area contributed by atoms with Crippen LogP contribution < -0.4 is 0 Å².